The second-order valence-electron chi connectivity index (χ2n) is 7.05. The highest BCUT2D eigenvalue weighted by Crippen LogP contribution is 2.41. The summed E-state index contributed by atoms with van der Waals surface area (Å²) in [7, 11) is 0. The average Bonchev–Trinajstić information content (AvgIpc) is 2.37. The zero-order valence-electron chi connectivity index (χ0n) is 14.5. The van der Waals surface area contributed by atoms with Crippen molar-refractivity contribution >= 4 is 5.78 Å². The number of carbonyl (C=O) groups is 1. The van der Waals surface area contributed by atoms with Crippen LogP contribution in [0.3, 0.4) is 0 Å². The van der Waals surface area contributed by atoms with Crippen molar-refractivity contribution in [2.24, 2.45) is 11.3 Å². The molecule has 0 spiro atoms. The number of ether oxygens (including phenoxy) is 1. The summed E-state index contributed by atoms with van der Waals surface area (Å²) in [6, 6.07) is 0.216. The Hall–Kier alpha value is -0.670. The van der Waals surface area contributed by atoms with Crippen molar-refractivity contribution in [2.45, 2.75) is 66.3 Å². The monoisotopic (exact) mass is 295 g/mol. The molecule has 1 rings (SSSR count). The lowest BCUT2D eigenvalue weighted by molar-refractivity contribution is -0.125. The van der Waals surface area contributed by atoms with Gasteiger partial charge in [0.05, 0.1) is 6.61 Å². The summed E-state index contributed by atoms with van der Waals surface area (Å²) in [6.45, 7) is 13.1. The highest BCUT2D eigenvalue weighted by atomic mass is 16.5. The third-order valence-electron chi connectivity index (χ3n) is 4.41. The van der Waals surface area contributed by atoms with Crippen LogP contribution in [0.4, 0.5) is 0 Å². The van der Waals surface area contributed by atoms with Gasteiger partial charge >= 0.3 is 0 Å². The van der Waals surface area contributed by atoms with Gasteiger partial charge in [0, 0.05) is 31.5 Å². The van der Waals surface area contributed by atoms with Crippen molar-refractivity contribution in [3.05, 3.63) is 11.6 Å². The molecule has 1 N–H and O–H groups in total. The van der Waals surface area contributed by atoms with Crippen LogP contribution in [0, 0.1) is 11.3 Å². The number of Topliss-reactive ketones (excluding diaryl/α,β-unsaturated/α-hetero) is 1. The molecule has 21 heavy (non-hydrogen) atoms. The Morgan fingerprint density at radius 1 is 1.48 bits per heavy atom. The lowest BCUT2D eigenvalue weighted by atomic mass is 9.66. The molecule has 0 aromatic rings. The Labute approximate surface area is 130 Å². The third-order valence-corrected chi connectivity index (χ3v) is 4.41. The molecule has 0 heterocycles. The number of rotatable bonds is 9. The van der Waals surface area contributed by atoms with Crippen LogP contribution < -0.4 is 5.32 Å². The van der Waals surface area contributed by atoms with Crippen molar-refractivity contribution in [1.82, 2.24) is 5.32 Å². The molecule has 1 aliphatic carbocycles. The van der Waals surface area contributed by atoms with Gasteiger partial charge < -0.3 is 10.1 Å². The summed E-state index contributed by atoms with van der Waals surface area (Å²) in [6.07, 6.45) is 6.10. The molecule has 0 fully saturated rings. The number of carbonyl (C=O) groups excluding carboxylic acids is 1. The van der Waals surface area contributed by atoms with E-state index in [9.17, 15) is 4.79 Å². The topological polar surface area (TPSA) is 38.3 Å². The van der Waals surface area contributed by atoms with E-state index in [1.54, 1.807) is 0 Å². The second-order valence-corrected chi connectivity index (χ2v) is 7.05. The van der Waals surface area contributed by atoms with Crippen molar-refractivity contribution in [2.75, 3.05) is 19.8 Å². The fourth-order valence-corrected chi connectivity index (χ4v) is 3.36. The Balaban J connectivity index is 2.41. The van der Waals surface area contributed by atoms with E-state index in [-0.39, 0.29) is 17.4 Å². The molecule has 2 atom stereocenters. The summed E-state index contributed by atoms with van der Waals surface area (Å²) in [5.74, 6) is 0.467. The van der Waals surface area contributed by atoms with Gasteiger partial charge in [0.2, 0.25) is 0 Å². The number of ketones is 1. The minimum Gasteiger partial charge on any atom is -0.380 e. The van der Waals surface area contributed by atoms with Gasteiger partial charge in [-0.05, 0) is 38.5 Å². The normalized spacial score (nSPS) is 22.7. The van der Waals surface area contributed by atoms with Gasteiger partial charge in [-0.2, -0.15) is 0 Å². The molecule has 0 aromatic carbocycles. The first-order chi connectivity index (χ1) is 9.88. The predicted molar refractivity (Wildman–Crippen MR) is 88.5 cm³/mol. The molecule has 0 bridgehead atoms. The second kappa shape index (κ2) is 8.70. The molecule has 0 aromatic heterocycles. The van der Waals surface area contributed by atoms with Crippen LogP contribution in [0.5, 0.6) is 0 Å². The van der Waals surface area contributed by atoms with Gasteiger partial charge in [0.15, 0.2) is 0 Å². The van der Waals surface area contributed by atoms with E-state index in [0.717, 1.165) is 39.0 Å². The Bertz CT molecular complexity index is 360. The molecule has 0 radical (unpaired) electrons. The summed E-state index contributed by atoms with van der Waals surface area (Å²) in [4.78, 5) is 12.7. The van der Waals surface area contributed by atoms with Gasteiger partial charge in [-0.25, -0.2) is 0 Å². The number of hydrogen-bond acceptors (Lipinski definition) is 3. The van der Waals surface area contributed by atoms with E-state index in [1.165, 1.54) is 5.57 Å². The smallest absolute Gasteiger partial charge is 0.142 e. The Kier molecular flexibility index (Phi) is 7.61. The number of nitrogens with one attached hydrogen (secondary N) is 1. The molecule has 0 amide bonds. The van der Waals surface area contributed by atoms with Crippen LogP contribution in [-0.2, 0) is 9.53 Å². The maximum absolute atomic E-state index is 12.7. The van der Waals surface area contributed by atoms with Crippen molar-refractivity contribution in [3.63, 3.8) is 0 Å². The summed E-state index contributed by atoms with van der Waals surface area (Å²) >= 11 is 0. The number of hydrogen-bond donors (Lipinski definition) is 1. The van der Waals surface area contributed by atoms with Gasteiger partial charge in [-0.15, -0.1) is 0 Å². The standard InChI is InChI=1S/C18H33NO2/c1-6-11-21-12-10-19-15(3)13-16(20)17-14(2)8-7-9-18(17,4)5/h8,15,17,19H,6-7,9-13H2,1-5H3. The lowest BCUT2D eigenvalue weighted by Gasteiger charge is -2.38. The fraction of sp³-hybridized carbons (Fsp3) is 0.833. The average molecular weight is 295 g/mol. The molecular formula is C18H33NO2. The molecule has 0 saturated carbocycles. The first kappa shape index (κ1) is 18.4. The molecular weight excluding hydrogens is 262 g/mol. The predicted octanol–water partition coefficient (Wildman–Crippen LogP) is 3.73. The first-order valence-corrected chi connectivity index (χ1v) is 8.39. The maximum atomic E-state index is 12.7. The van der Waals surface area contributed by atoms with Crippen LogP contribution >= 0.6 is 0 Å². The zero-order chi connectivity index (χ0) is 15.9. The first-order valence-electron chi connectivity index (χ1n) is 8.39. The van der Waals surface area contributed by atoms with E-state index >= 15 is 0 Å². The highest BCUT2D eigenvalue weighted by molar-refractivity contribution is 5.85. The highest BCUT2D eigenvalue weighted by Gasteiger charge is 2.37. The van der Waals surface area contributed by atoms with E-state index in [2.05, 4.69) is 46.0 Å². The minimum absolute atomic E-state index is 0.0897. The van der Waals surface area contributed by atoms with Crippen LogP contribution in [0.2, 0.25) is 0 Å². The molecule has 3 nitrogen and oxygen atoms in total. The van der Waals surface area contributed by atoms with Gasteiger partial charge in [0.1, 0.15) is 5.78 Å². The van der Waals surface area contributed by atoms with Gasteiger partial charge in [0.25, 0.3) is 0 Å². The molecule has 0 saturated heterocycles. The van der Waals surface area contributed by atoms with Crippen LogP contribution in [-0.4, -0.2) is 31.6 Å². The van der Waals surface area contributed by atoms with Crippen molar-refractivity contribution in [3.8, 4) is 0 Å². The molecule has 122 valence electrons. The van der Waals surface area contributed by atoms with Gasteiger partial charge in [-0.3, -0.25) is 4.79 Å². The van der Waals surface area contributed by atoms with Gasteiger partial charge in [-0.1, -0.05) is 32.4 Å². The zero-order valence-corrected chi connectivity index (χ0v) is 14.5. The largest absolute Gasteiger partial charge is 0.380 e. The molecule has 1 aliphatic rings. The van der Waals surface area contributed by atoms with Crippen molar-refractivity contribution < 1.29 is 9.53 Å². The molecule has 2 unspecified atom stereocenters. The number of allylic oxidation sites excluding steroid dienone is 2. The van der Waals surface area contributed by atoms with E-state index in [0.29, 0.717) is 12.2 Å². The van der Waals surface area contributed by atoms with E-state index < -0.39 is 0 Å². The Morgan fingerprint density at radius 3 is 2.81 bits per heavy atom. The SMILES string of the molecule is CCCOCCNC(C)CC(=O)C1C(C)=CCCC1(C)C. The summed E-state index contributed by atoms with van der Waals surface area (Å²) < 4.78 is 5.45. The van der Waals surface area contributed by atoms with Crippen LogP contribution in [0.1, 0.15) is 60.3 Å². The van der Waals surface area contributed by atoms with Crippen molar-refractivity contribution in [1.29, 1.82) is 0 Å². The van der Waals surface area contributed by atoms with E-state index in [4.69, 9.17) is 4.74 Å². The van der Waals surface area contributed by atoms with Crippen LogP contribution in [0.25, 0.3) is 0 Å². The Morgan fingerprint density at radius 2 is 2.19 bits per heavy atom. The molecule has 3 heteroatoms. The van der Waals surface area contributed by atoms with E-state index in [1.807, 2.05) is 0 Å². The third kappa shape index (κ3) is 5.91. The fourth-order valence-electron chi connectivity index (χ4n) is 3.36. The molecule has 0 aliphatic heterocycles. The lowest BCUT2D eigenvalue weighted by Crippen LogP contribution is -2.38. The minimum atomic E-state index is 0.0897. The maximum Gasteiger partial charge on any atom is 0.142 e. The summed E-state index contributed by atoms with van der Waals surface area (Å²) in [5.41, 5.74) is 1.36. The quantitative estimate of drug-likeness (QED) is 0.520. The van der Waals surface area contributed by atoms with Crippen LogP contribution in [0.15, 0.2) is 11.6 Å². The summed E-state index contributed by atoms with van der Waals surface area (Å²) in [5, 5.41) is 3.39.